The third-order valence-corrected chi connectivity index (χ3v) is 4.29. The number of hydrogen-bond acceptors (Lipinski definition) is 2. The number of ether oxygens (including phenoxy) is 1. The fourth-order valence-electron chi connectivity index (χ4n) is 2.96. The van der Waals surface area contributed by atoms with Crippen molar-refractivity contribution in [1.29, 1.82) is 0 Å². The molecule has 0 fully saturated rings. The van der Waals surface area contributed by atoms with Crippen LogP contribution < -0.4 is 10.1 Å². The number of aromatic amines is 1. The van der Waals surface area contributed by atoms with Gasteiger partial charge in [0.15, 0.2) is 6.61 Å². The zero-order chi connectivity index (χ0) is 17.6. The number of hydrogen-bond donors (Lipinski definition) is 2. The van der Waals surface area contributed by atoms with E-state index >= 15 is 0 Å². The Bertz CT molecular complexity index is 852. The van der Waals surface area contributed by atoms with Gasteiger partial charge in [-0.25, -0.2) is 0 Å². The maximum atomic E-state index is 12.0. The van der Waals surface area contributed by atoms with Gasteiger partial charge in [-0.15, -0.1) is 0 Å². The van der Waals surface area contributed by atoms with Crippen LogP contribution in [0.15, 0.2) is 54.7 Å². The summed E-state index contributed by atoms with van der Waals surface area (Å²) in [6.45, 7) is 4.86. The van der Waals surface area contributed by atoms with Crippen molar-refractivity contribution < 1.29 is 9.53 Å². The molecular weight excluding hydrogens is 312 g/mol. The summed E-state index contributed by atoms with van der Waals surface area (Å²) >= 11 is 0. The molecule has 1 aromatic heterocycles. The van der Waals surface area contributed by atoms with Crippen LogP contribution in [0.5, 0.6) is 5.75 Å². The number of nitrogens with one attached hydrogen (secondary N) is 2. The van der Waals surface area contributed by atoms with Crippen LogP contribution in [0, 0.1) is 0 Å². The number of carbonyl (C=O) groups is 1. The summed E-state index contributed by atoms with van der Waals surface area (Å²) in [7, 11) is 0. The van der Waals surface area contributed by atoms with Gasteiger partial charge in [-0.1, -0.05) is 50.2 Å². The Morgan fingerprint density at radius 1 is 1.12 bits per heavy atom. The Balaban J connectivity index is 1.49. The topological polar surface area (TPSA) is 54.1 Å². The number of amides is 1. The molecule has 0 saturated carbocycles. The van der Waals surface area contributed by atoms with Crippen molar-refractivity contribution in [3.63, 3.8) is 0 Å². The Morgan fingerprint density at radius 3 is 2.72 bits per heavy atom. The summed E-state index contributed by atoms with van der Waals surface area (Å²) in [6.07, 6.45) is 2.80. The molecule has 0 radical (unpaired) electrons. The van der Waals surface area contributed by atoms with E-state index in [0.717, 1.165) is 23.3 Å². The largest absolute Gasteiger partial charge is 0.483 e. The van der Waals surface area contributed by atoms with E-state index in [1.165, 1.54) is 10.9 Å². The van der Waals surface area contributed by atoms with Crippen LogP contribution in [0.3, 0.4) is 0 Å². The number of aromatic nitrogens is 1. The van der Waals surface area contributed by atoms with E-state index in [4.69, 9.17) is 4.74 Å². The number of H-pyrrole nitrogens is 1. The summed E-state index contributed by atoms with van der Waals surface area (Å²) < 4.78 is 5.70. The van der Waals surface area contributed by atoms with Crippen LogP contribution in [0.1, 0.15) is 30.9 Å². The highest BCUT2D eigenvalue weighted by Gasteiger charge is 2.09. The van der Waals surface area contributed by atoms with E-state index in [1.807, 2.05) is 42.6 Å². The molecule has 0 aliphatic rings. The highest BCUT2D eigenvalue weighted by molar-refractivity contribution is 5.83. The van der Waals surface area contributed by atoms with Gasteiger partial charge in [-0.2, -0.15) is 0 Å². The standard InChI is InChI=1S/C21H24N2O2/c1-15(2)17-7-4-6-10-20(17)25-14-21(24)22-12-11-16-13-23-19-9-5-3-8-18(16)19/h3-10,13,15,23H,11-12,14H2,1-2H3,(H,22,24). The molecule has 0 spiro atoms. The predicted molar refractivity (Wildman–Crippen MR) is 101 cm³/mol. The van der Waals surface area contributed by atoms with Crippen molar-refractivity contribution in [3.05, 3.63) is 65.9 Å². The van der Waals surface area contributed by atoms with Crippen LogP contribution in [0.25, 0.3) is 10.9 Å². The van der Waals surface area contributed by atoms with E-state index in [-0.39, 0.29) is 12.5 Å². The minimum atomic E-state index is -0.0987. The second kappa shape index (κ2) is 7.88. The average Bonchev–Trinajstić information content (AvgIpc) is 3.03. The molecule has 2 aromatic carbocycles. The van der Waals surface area contributed by atoms with Crippen LogP contribution in [-0.4, -0.2) is 24.0 Å². The number of benzene rings is 2. The zero-order valence-corrected chi connectivity index (χ0v) is 14.7. The fourth-order valence-corrected chi connectivity index (χ4v) is 2.96. The number of rotatable bonds is 7. The van der Waals surface area contributed by atoms with Gasteiger partial charge in [-0.3, -0.25) is 4.79 Å². The third-order valence-electron chi connectivity index (χ3n) is 4.29. The molecule has 0 saturated heterocycles. The molecule has 0 bridgehead atoms. The highest BCUT2D eigenvalue weighted by Crippen LogP contribution is 2.25. The maximum absolute atomic E-state index is 12.0. The molecule has 25 heavy (non-hydrogen) atoms. The lowest BCUT2D eigenvalue weighted by atomic mass is 10.0. The van der Waals surface area contributed by atoms with E-state index in [1.54, 1.807) is 0 Å². The Kier molecular flexibility index (Phi) is 5.39. The second-order valence-electron chi connectivity index (χ2n) is 6.44. The normalized spacial score (nSPS) is 11.0. The molecule has 3 rings (SSSR count). The molecule has 0 atom stereocenters. The summed E-state index contributed by atoms with van der Waals surface area (Å²) in [6, 6.07) is 16.0. The van der Waals surface area contributed by atoms with E-state index in [0.29, 0.717) is 12.5 Å². The minimum Gasteiger partial charge on any atom is -0.483 e. The molecule has 3 aromatic rings. The minimum absolute atomic E-state index is 0.0393. The SMILES string of the molecule is CC(C)c1ccccc1OCC(=O)NCCc1c[nH]c2ccccc12. The number of fused-ring (bicyclic) bond motifs is 1. The predicted octanol–water partition coefficient (Wildman–Crippen LogP) is 4.03. The first kappa shape index (κ1) is 17.1. The molecule has 0 aliphatic carbocycles. The van der Waals surface area contributed by atoms with Crippen LogP contribution in [0.2, 0.25) is 0 Å². The monoisotopic (exact) mass is 336 g/mol. The Morgan fingerprint density at radius 2 is 1.88 bits per heavy atom. The quantitative estimate of drug-likeness (QED) is 0.684. The first-order valence-electron chi connectivity index (χ1n) is 8.68. The molecular formula is C21H24N2O2. The van der Waals surface area contributed by atoms with Gasteiger partial charge in [0.25, 0.3) is 5.91 Å². The van der Waals surface area contributed by atoms with Gasteiger partial charge in [0.05, 0.1) is 0 Å². The zero-order valence-electron chi connectivity index (χ0n) is 14.7. The van der Waals surface area contributed by atoms with Crippen molar-refractivity contribution in [2.75, 3.05) is 13.2 Å². The van der Waals surface area contributed by atoms with E-state index < -0.39 is 0 Å². The summed E-state index contributed by atoms with van der Waals surface area (Å²) in [5.74, 6) is 1.05. The molecule has 130 valence electrons. The van der Waals surface area contributed by atoms with Crippen LogP contribution >= 0.6 is 0 Å². The Labute approximate surface area is 148 Å². The van der Waals surface area contributed by atoms with E-state index in [2.05, 4.69) is 36.3 Å². The summed E-state index contributed by atoms with van der Waals surface area (Å²) in [5, 5.41) is 4.13. The van der Waals surface area contributed by atoms with Crippen molar-refractivity contribution in [2.45, 2.75) is 26.2 Å². The molecule has 4 nitrogen and oxygen atoms in total. The molecule has 2 N–H and O–H groups in total. The molecule has 1 amide bonds. The lowest BCUT2D eigenvalue weighted by Crippen LogP contribution is -2.30. The summed E-state index contributed by atoms with van der Waals surface area (Å²) in [5.41, 5.74) is 3.45. The van der Waals surface area contributed by atoms with Gasteiger partial charge >= 0.3 is 0 Å². The van der Waals surface area contributed by atoms with Crippen molar-refractivity contribution in [1.82, 2.24) is 10.3 Å². The first-order valence-corrected chi connectivity index (χ1v) is 8.68. The summed E-state index contributed by atoms with van der Waals surface area (Å²) in [4.78, 5) is 15.3. The van der Waals surface area contributed by atoms with Crippen LogP contribution in [-0.2, 0) is 11.2 Å². The average molecular weight is 336 g/mol. The van der Waals surface area contributed by atoms with Gasteiger partial charge in [0.2, 0.25) is 0 Å². The van der Waals surface area contributed by atoms with E-state index in [9.17, 15) is 4.79 Å². The maximum Gasteiger partial charge on any atom is 0.257 e. The fraction of sp³-hybridized carbons (Fsp3) is 0.286. The highest BCUT2D eigenvalue weighted by atomic mass is 16.5. The third kappa shape index (κ3) is 4.21. The number of para-hydroxylation sites is 2. The van der Waals surface area contributed by atoms with Gasteiger partial charge < -0.3 is 15.0 Å². The molecule has 0 aliphatic heterocycles. The smallest absolute Gasteiger partial charge is 0.257 e. The van der Waals surface area contributed by atoms with Gasteiger partial charge in [0, 0.05) is 23.6 Å². The lowest BCUT2D eigenvalue weighted by molar-refractivity contribution is -0.123. The van der Waals surface area contributed by atoms with Crippen molar-refractivity contribution in [3.8, 4) is 5.75 Å². The lowest BCUT2D eigenvalue weighted by Gasteiger charge is -2.13. The second-order valence-corrected chi connectivity index (χ2v) is 6.44. The van der Waals surface area contributed by atoms with Crippen molar-refractivity contribution in [2.24, 2.45) is 0 Å². The first-order chi connectivity index (χ1) is 12.1. The van der Waals surface area contributed by atoms with Crippen LogP contribution in [0.4, 0.5) is 0 Å². The molecule has 1 heterocycles. The van der Waals surface area contributed by atoms with Gasteiger partial charge in [-0.05, 0) is 35.6 Å². The Hall–Kier alpha value is -2.75. The van der Waals surface area contributed by atoms with Crippen molar-refractivity contribution >= 4 is 16.8 Å². The molecule has 0 unspecified atom stereocenters. The number of carbonyl (C=O) groups excluding carboxylic acids is 1. The molecule has 4 heteroatoms. The van der Waals surface area contributed by atoms with Gasteiger partial charge in [0.1, 0.15) is 5.75 Å².